The van der Waals surface area contributed by atoms with E-state index >= 15 is 0 Å². The lowest BCUT2D eigenvalue weighted by atomic mass is 10.1. The quantitative estimate of drug-likeness (QED) is 0.832. The number of anilines is 1. The minimum Gasteiger partial charge on any atom is -0.384 e. The van der Waals surface area contributed by atoms with Gasteiger partial charge >= 0.3 is 6.18 Å². The first-order valence-corrected chi connectivity index (χ1v) is 4.72. The molecule has 0 unspecified atom stereocenters. The Morgan fingerprint density at radius 2 is 1.82 bits per heavy atom. The van der Waals surface area contributed by atoms with Gasteiger partial charge in [-0.2, -0.15) is 13.2 Å². The fourth-order valence-corrected chi connectivity index (χ4v) is 1.39. The number of halogens is 3. The molecule has 2 N–H and O–H groups in total. The number of aromatic nitrogens is 2. The van der Waals surface area contributed by atoms with Gasteiger partial charge in [-0.25, -0.2) is 9.97 Å². The van der Waals surface area contributed by atoms with Crippen molar-refractivity contribution < 1.29 is 13.2 Å². The summed E-state index contributed by atoms with van der Waals surface area (Å²) in [7, 11) is 0. The number of hydrogen-bond acceptors (Lipinski definition) is 3. The third kappa shape index (κ3) is 2.52. The van der Waals surface area contributed by atoms with E-state index < -0.39 is 11.7 Å². The van der Waals surface area contributed by atoms with Gasteiger partial charge in [-0.05, 0) is 12.1 Å². The van der Waals surface area contributed by atoms with E-state index in [1.165, 1.54) is 24.5 Å². The fourth-order valence-electron chi connectivity index (χ4n) is 1.39. The second kappa shape index (κ2) is 4.04. The van der Waals surface area contributed by atoms with Crippen molar-refractivity contribution in [3.63, 3.8) is 0 Å². The summed E-state index contributed by atoms with van der Waals surface area (Å²) >= 11 is 0. The molecule has 2 rings (SSSR count). The maximum absolute atomic E-state index is 12.5. The lowest BCUT2D eigenvalue weighted by molar-refractivity contribution is -0.137. The molecule has 0 saturated heterocycles. The standard InChI is InChI=1S/C11H8F3N3/c12-11(13,14)8-3-1-2-7(4-8)9-5-10(15)17-6-16-9/h1-6H,(H2,15,16,17). The van der Waals surface area contributed by atoms with Crippen molar-refractivity contribution in [1.29, 1.82) is 0 Å². The van der Waals surface area contributed by atoms with Crippen molar-refractivity contribution in [1.82, 2.24) is 9.97 Å². The van der Waals surface area contributed by atoms with Crippen LogP contribution in [0.15, 0.2) is 36.7 Å². The van der Waals surface area contributed by atoms with Crippen LogP contribution in [-0.2, 0) is 6.18 Å². The second-order valence-electron chi connectivity index (χ2n) is 3.41. The molecule has 2 aromatic rings. The molecule has 3 nitrogen and oxygen atoms in total. The van der Waals surface area contributed by atoms with E-state index in [1.54, 1.807) is 0 Å². The highest BCUT2D eigenvalue weighted by molar-refractivity contribution is 5.62. The molecule has 17 heavy (non-hydrogen) atoms. The molecule has 0 fully saturated rings. The van der Waals surface area contributed by atoms with Crippen LogP contribution in [0.3, 0.4) is 0 Å². The summed E-state index contributed by atoms with van der Waals surface area (Å²) in [5.74, 6) is 0.215. The van der Waals surface area contributed by atoms with Crippen LogP contribution in [-0.4, -0.2) is 9.97 Å². The van der Waals surface area contributed by atoms with Crippen LogP contribution >= 0.6 is 0 Å². The Kier molecular flexibility index (Phi) is 2.71. The largest absolute Gasteiger partial charge is 0.416 e. The first-order valence-electron chi connectivity index (χ1n) is 4.72. The van der Waals surface area contributed by atoms with Crippen LogP contribution in [0.25, 0.3) is 11.3 Å². The van der Waals surface area contributed by atoms with Crippen molar-refractivity contribution in [3.8, 4) is 11.3 Å². The molecule has 0 aliphatic heterocycles. The van der Waals surface area contributed by atoms with Crippen molar-refractivity contribution in [2.24, 2.45) is 0 Å². The lowest BCUT2D eigenvalue weighted by Gasteiger charge is -2.08. The van der Waals surface area contributed by atoms with Gasteiger partial charge in [-0.15, -0.1) is 0 Å². The van der Waals surface area contributed by atoms with Crippen molar-refractivity contribution in [3.05, 3.63) is 42.2 Å². The van der Waals surface area contributed by atoms with Crippen molar-refractivity contribution in [2.75, 3.05) is 5.73 Å². The minimum atomic E-state index is -4.37. The number of alkyl halides is 3. The average molecular weight is 239 g/mol. The van der Waals surface area contributed by atoms with E-state index in [0.29, 0.717) is 11.3 Å². The van der Waals surface area contributed by atoms with Gasteiger partial charge in [0.2, 0.25) is 0 Å². The second-order valence-corrected chi connectivity index (χ2v) is 3.41. The van der Waals surface area contributed by atoms with Gasteiger partial charge in [0.15, 0.2) is 0 Å². The summed E-state index contributed by atoms with van der Waals surface area (Å²) in [5, 5.41) is 0. The number of hydrogen-bond donors (Lipinski definition) is 1. The SMILES string of the molecule is Nc1cc(-c2cccc(C(F)(F)F)c2)ncn1. The van der Waals surface area contributed by atoms with Gasteiger partial charge in [0, 0.05) is 11.6 Å². The number of nitrogens with zero attached hydrogens (tertiary/aromatic N) is 2. The Bertz CT molecular complexity index is 537. The number of benzene rings is 1. The van der Waals surface area contributed by atoms with E-state index in [4.69, 9.17) is 5.73 Å². The molecule has 0 saturated carbocycles. The Labute approximate surface area is 95.1 Å². The summed E-state index contributed by atoms with van der Waals surface area (Å²) < 4.78 is 37.5. The number of nitrogens with two attached hydrogens (primary N) is 1. The number of nitrogen functional groups attached to an aromatic ring is 1. The molecule has 0 spiro atoms. The van der Waals surface area contributed by atoms with E-state index in [-0.39, 0.29) is 5.82 Å². The highest BCUT2D eigenvalue weighted by Crippen LogP contribution is 2.31. The maximum Gasteiger partial charge on any atom is 0.416 e. The molecule has 0 aliphatic rings. The van der Waals surface area contributed by atoms with Gasteiger partial charge in [0.25, 0.3) is 0 Å². The van der Waals surface area contributed by atoms with Gasteiger partial charge in [0.1, 0.15) is 12.1 Å². The zero-order valence-electron chi connectivity index (χ0n) is 8.57. The Hall–Kier alpha value is -2.11. The smallest absolute Gasteiger partial charge is 0.384 e. The predicted octanol–water partition coefficient (Wildman–Crippen LogP) is 2.74. The van der Waals surface area contributed by atoms with Gasteiger partial charge in [-0.1, -0.05) is 12.1 Å². The summed E-state index contributed by atoms with van der Waals surface area (Å²) in [4.78, 5) is 7.56. The Morgan fingerprint density at radius 3 is 2.47 bits per heavy atom. The first kappa shape index (κ1) is 11.4. The molecule has 0 aliphatic carbocycles. The van der Waals surface area contributed by atoms with Crippen LogP contribution in [0, 0.1) is 0 Å². The lowest BCUT2D eigenvalue weighted by Crippen LogP contribution is -2.04. The molecule has 88 valence electrons. The van der Waals surface area contributed by atoms with Crippen LogP contribution in [0.5, 0.6) is 0 Å². The summed E-state index contributed by atoms with van der Waals surface area (Å²) in [5.41, 5.74) is 5.45. The Balaban J connectivity index is 2.47. The molecule has 1 aromatic carbocycles. The van der Waals surface area contributed by atoms with E-state index in [2.05, 4.69) is 9.97 Å². The fraction of sp³-hybridized carbons (Fsp3) is 0.0909. The van der Waals surface area contributed by atoms with Crippen molar-refractivity contribution in [2.45, 2.75) is 6.18 Å². The van der Waals surface area contributed by atoms with Crippen LogP contribution < -0.4 is 5.73 Å². The summed E-state index contributed by atoms with van der Waals surface area (Å²) in [6.07, 6.45) is -3.15. The first-order chi connectivity index (χ1) is 7.97. The third-order valence-electron chi connectivity index (χ3n) is 2.17. The molecule has 1 aromatic heterocycles. The topological polar surface area (TPSA) is 51.8 Å². The van der Waals surface area contributed by atoms with Gasteiger partial charge < -0.3 is 5.73 Å². The molecule has 0 amide bonds. The zero-order valence-corrected chi connectivity index (χ0v) is 8.57. The van der Waals surface area contributed by atoms with E-state index in [0.717, 1.165) is 12.1 Å². The number of rotatable bonds is 1. The van der Waals surface area contributed by atoms with Crippen molar-refractivity contribution >= 4 is 5.82 Å². The summed E-state index contributed by atoms with van der Waals surface area (Å²) in [6.45, 7) is 0. The van der Waals surface area contributed by atoms with E-state index in [1.807, 2.05) is 0 Å². The highest BCUT2D eigenvalue weighted by Gasteiger charge is 2.30. The Morgan fingerprint density at radius 1 is 1.06 bits per heavy atom. The van der Waals surface area contributed by atoms with E-state index in [9.17, 15) is 13.2 Å². The van der Waals surface area contributed by atoms with Gasteiger partial charge in [0.05, 0.1) is 11.3 Å². The van der Waals surface area contributed by atoms with Crippen LogP contribution in [0.4, 0.5) is 19.0 Å². The molecule has 0 radical (unpaired) electrons. The molecule has 6 heteroatoms. The highest BCUT2D eigenvalue weighted by atomic mass is 19.4. The molecule has 0 atom stereocenters. The third-order valence-corrected chi connectivity index (χ3v) is 2.17. The molecule has 0 bridgehead atoms. The normalized spacial score (nSPS) is 11.5. The molecular weight excluding hydrogens is 231 g/mol. The minimum absolute atomic E-state index is 0.215. The monoisotopic (exact) mass is 239 g/mol. The van der Waals surface area contributed by atoms with Gasteiger partial charge in [-0.3, -0.25) is 0 Å². The zero-order chi connectivity index (χ0) is 12.5. The maximum atomic E-state index is 12.5. The average Bonchev–Trinajstić information content (AvgIpc) is 2.28. The summed E-state index contributed by atoms with van der Waals surface area (Å²) in [6, 6.07) is 6.33. The molecule has 1 heterocycles. The predicted molar refractivity (Wildman–Crippen MR) is 56.9 cm³/mol. The molecular formula is C11H8F3N3. The van der Waals surface area contributed by atoms with Crippen LogP contribution in [0.1, 0.15) is 5.56 Å². The van der Waals surface area contributed by atoms with Crippen LogP contribution in [0.2, 0.25) is 0 Å².